The molecule has 3 rings (SSSR count). The molecule has 2 aromatic rings. The van der Waals surface area contributed by atoms with E-state index in [-0.39, 0.29) is 5.97 Å². The molecule has 1 aliphatic rings. The molecule has 0 amide bonds. The van der Waals surface area contributed by atoms with E-state index < -0.39 is 6.04 Å². The predicted molar refractivity (Wildman–Crippen MR) is 86.0 cm³/mol. The van der Waals surface area contributed by atoms with Crippen LogP contribution in [0.15, 0.2) is 24.4 Å². The van der Waals surface area contributed by atoms with Crippen molar-refractivity contribution in [2.24, 2.45) is 11.7 Å². The number of benzene rings is 1. The van der Waals surface area contributed by atoms with E-state index in [9.17, 15) is 4.79 Å². The van der Waals surface area contributed by atoms with Crippen molar-refractivity contribution in [1.82, 2.24) is 4.98 Å². The Bertz CT molecular complexity index is 674. The molecule has 1 aromatic carbocycles. The summed E-state index contributed by atoms with van der Waals surface area (Å²) in [6.07, 6.45) is 5.00. The van der Waals surface area contributed by atoms with Gasteiger partial charge in [-0.05, 0) is 36.5 Å². The van der Waals surface area contributed by atoms with Gasteiger partial charge in [-0.2, -0.15) is 0 Å². The number of nitrogens with one attached hydrogen (secondary N) is 2. The predicted octanol–water partition coefficient (Wildman–Crippen LogP) is 0.498. The summed E-state index contributed by atoms with van der Waals surface area (Å²) in [6.45, 7) is 1.02. The Kier molecular flexibility index (Phi) is 4.18. The van der Waals surface area contributed by atoms with Gasteiger partial charge in [0.2, 0.25) is 0 Å². The molecule has 5 heteroatoms. The van der Waals surface area contributed by atoms with Crippen molar-refractivity contribution in [3.8, 4) is 5.75 Å². The number of nitrogens with two attached hydrogens (primary N) is 1. The number of hydrogen-bond acceptors (Lipinski definition) is 3. The molecule has 0 unspecified atom stereocenters. The number of fused-ring (bicyclic) bond motifs is 1. The molecular formula is C17H24N3O2+. The second-order valence-corrected chi connectivity index (χ2v) is 6.48. The van der Waals surface area contributed by atoms with Gasteiger partial charge in [0.1, 0.15) is 11.8 Å². The van der Waals surface area contributed by atoms with E-state index >= 15 is 0 Å². The van der Waals surface area contributed by atoms with Crippen LogP contribution in [0.25, 0.3) is 10.9 Å². The smallest absolute Gasteiger partial charge is 0.328 e. The van der Waals surface area contributed by atoms with E-state index in [1.807, 2.05) is 24.4 Å². The molecule has 4 N–H and O–H groups in total. The summed E-state index contributed by atoms with van der Waals surface area (Å²) >= 11 is 0. The number of carbonyl (C=O) groups excluding carboxylic acids is 1. The summed E-state index contributed by atoms with van der Waals surface area (Å²) < 4.78 is 5.61. The zero-order chi connectivity index (χ0) is 15.7. The third-order valence-electron chi connectivity index (χ3n) is 4.26. The van der Waals surface area contributed by atoms with Crippen LogP contribution in [0.3, 0.4) is 0 Å². The van der Waals surface area contributed by atoms with Gasteiger partial charge < -0.3 is 20.4 Å². The average molecular weight is 302 g/mol. The summed E-state index contributed by atoms with van der Waals surface area (Å²) in [4.78, 5) is 16.8. The Labute approximate surface area is 130 Å². The number of quaternary nitrogens is 1. The lowest BCUT2D eigenvalue weighted by atomic mass is 10.1. The molecule has 0 aliphatic heterocycles. The first kappa shape index (κ1) is 15.1. The Hall–Kier alpha value is -1.85. The number of hydrogen-bond donors (Lipinski definition) is 3. The lowest BCUT2D eigenvalue weighted by molar-refractivity contribution is -0.858. The molecule has 22 heavy (non-hydrogen) atoms. The van der Waals surface area contributed by atoms with Crippen molar-refractivity contribution in [3.63, 3.8) is 0 Å². The fourth-order valence-corrected chi connectivity index (χ4v) is 2.71. The summed E-state index contributed by atoms with van der Waals surface area (Å²) in [5.41, 5.74) is 8.12. The normalized spacial score (nSPS) is 16.2. The first-order valence-electron chi connectivity index (χ1n) is 7.91. The van der Waals surface area contributed by atoms with E-state index in [0.29, 0.717) is 11.7 Å². The maximum atomic E-state index is 12.2. The highest BCUT2D eigenvalue weighted by molar-refractivity contribution is 5.92. The molecule has 1 aromatic heterocycles. The van der Waals surface area contributed by atoms with E-state index in [1.54, 1.807) is 0 Å². The number of likely N-dealkylation sites (N-methyl/N-ethyl adjacent to an activating group) is 1. The van der Waals surface area contributed by atoms with Crippen LogP contribution in [-0.4, -0.2) is 37.6 Å². The highest BCUT2D eigenvalue weighted by Crippen LogP contribution is 2.33. The molecule has 1 heterocycles. The number of H-pyrrole nitrogens is 1. The van der Waals surface area contributed by atoms with Gasteiger partial charge in [-0.3, -0.25) is 0 Å². The standard InChI is InChI=1S/C17H23N3O2/c1-20(2)9-8-12-10-19-13-4-3-5-14(15(12)13)22-17(21)16(18)11-6-7-11/h3-5,10-11,16,19H,6-9,18H2,1-2H3/p+1/t16-/m0/s1. The van der Waals surface area contributed by atoms with Crippen LogP contribution < -0.4 is 15.4 Å². The number of carbonyl (C=O) groups is 1. The fraction of sp³-hybridized carbons (Fsp3) is 0.471. The van der Waals surface area contributed by atoms with Crippen LogP contribution in [0.1, 0.15) is 18.4 Å². The second-order valence-electron chi connectivity index (χ2n) is 6.48. The van der Waals surface area contributed by atoms with Gasteiger partial charge in [0, 0.05) is 23.5 Å². The van der Waals surface area contributed by atoms with Crippen LogP contribution in [0.2, 0.25) is 0 Å². The van der Waals surface area contributed by atoms with Crippen molar-refractivity contribution in [2.45, 2.75) is 25.3 Å². The van der Waals surface area contributed by atoms with E-state index in [1.165, 1.54) is 10.5 Å². The maximum absolute atomic E-state index is 12.2. The summed E-state index contributed by atoms with van der Waals surface area (Å²) in [6, 6.07) is 5.24. The molecule has 1 fully saturated rings. The maximum Gasteiger partial charge on any atom is 0.328 e. The van der Waals surface area contributed by atoms with Crippen molar-refractivity contribution < 1.29 is 14.4 Å². The summed E-state index contributed by atoms with van der Waals surface area (Å²) in [5.74, 6) is 0.596. The monoisotopic (exact) mass is 302 g/mol. The molecular weight excluding hydrogens is 278 g/mol. The Balaban J connectivity index is 1.84. The second kappa shape index (κ2) is 6.10. The summed E-state index contributed by atoms with van der Waals surface area (Å²) in [7, 11) is 4.26. The quantitative estimate of drug-likeness (QED) is 0.537. The van der Waals surface area contributed by atoms with Crippen LogP contribution in [0, 0.1) is 5.92 Å². The average Bonchev–Trinajstić information content (AvgIpc) is 3.25. The molecule has 0 radical (unpaired) electrons. The van der Waals surface area contributed by atoms with Crippen LogP contribution in [-0.2, 0) is 11.2 Å². The molecule has 5 nitrogen and oxygen atoms in total. The lowest BCUT2D eigenvalue weighted by Gasteiger charge is -2.12. The molecule has 1 saturated carbocycles. The number of esters is 1. The SMILES string of the molecule is C[NH+](C)CCc1c[nH]c2cccc(OC(=O)[C@@H](N)C3CC3)c12. The van der Waals surface area contributed by atoms with Crippen molar-refractivity contribution in [1.29, 1.82) is 0 Å². The van der Waals surface area contributed by atoms with Gasteiger partial charge in [0.05, 0.1) is 20.6 Å². The number of rotatable bonds is 6. The first-order chi connectivity index (χ1) is 10.6. The first-order valence-corrected chi connectivity index (χ1v) is 7.91. The van der Waals surface area contributed by atoms with Gasteiger partial charge >= 0.3 is 5.97 Å². The Morgan fingerprint density at radius 2 is 2.23 bits per heavy atom. The van der Waals surface area contributed by atoms with Crippen molar-refractivity contribution in [2.75, 3.05) is 20.6 Å². The molecule has 0 spiro atoms. The largest absolute Gasteiger partial charge is 0.425 e. The third kappa shape index (κ3) is 3.15. The topological polar surface area (TPSA) is 72.5 Å². The fourth-order valence-electron chi connectivity index (χ4n) is 2.71. The zero-order valence-electron chi connectivity index (χ0n) is 13.2. The van der Waals surface area contributed by atoms with E-state index in [0.717, 1.165) is 36.7 Å². The van der Waals surface area contributed by atoms with Crippen LogP contribution in [0.5, 0.6) is 5.75 Å². The molecule has 1 aliphatic carbocycles. The Morgan fingerprint density at radius 1 is 1.45 bits per heavy atom. The number of aromatic amines is 1. The highest BCUT2D eigenvalue weighted by Gasteiger charge is 2.34. The number of ether oxygens (including phenoxy) is 1. The van der Waals surface area contributed by atoms with Crippen LogP contribution >= 0.6 is 0 Å². The minimum Gasteiger partial charge on any atom is -0.425 e. The van der Waals surface area contributed by atoms with Crippen LogP contribution in [0.4, 0.5) is 0 Å². The van der Waals surface area contributed by atoms with Gasteiger partial charge in [-0.25, -0.2) is 4.79 Å². The van der Waals surface area contributed by atoms with E-state index in [4.69, 9.17) is 10.5 Å². The Morgan fingerprint density at radius 3 is 2.91 bits per heavy atom. The van der Waals surface area contributed by atoms with Gasteiger partial charge in [-0.1, -0.05) is 6.07 Å². The third-order valence-corrected chi connectivity index (χ3v) is 4.26. The minimum absolute atomic E-state index is 0.301. The van der Waals surface area contributed by atoms with Gasteiger partial charge in [-0.15, -0.1) is 0 Å². The number of aromatic nitrogens is 1. The van der Waals surface area contributed by atoms with Gasteiger partial charge in [0.25, 0.3) is 0 Å². The lowest BCUT2D eigenvalue weighted by Crippen LogP contribution is -3.05. The minimum atomic E-state index is -0.496. The molecule has 0 bridgehead atoms. The molecule has 1 atom stereocenters. The molecule has 0 saturated heterocycles. The van der Waals surface area contributed by atoms with Gasteiger partial charge in [0.15, 0.2) is 0 Å². The summed E-state index contributed by atoms with van der Waals surface area (Å²) in [5, 5.41) is 1.00. The van der Waals surface area contributed by atoms with E-state index in [2.05, 4.69) is 19.1 Å². The zero-order valence-corrected chi connectivity index (χ0v) is 13.2. The highest BCUT2D eigenvalue weighted by atomic mass is 16.5. The van der Waals surface area contributed by atoms with Crippen molar-refractivity contribution >= 4 is 16.9 Å². The van der Waals surface area contributed by atoms with Crippen molar-refractivity contribution in [3.05, 3.63) is 30.0 Å². The molecule has 118 valence electrons.